The fourth-order valence-corrected chi connectivity index (χ4v) is 2.97. The Bertz CT molecular complexity index is 955. The van der Waals surface area contributed by atoms with E-state index in [4.69, 9.17) is 16.0 Å². The largest absolute Gasteiger partial charge is 0.419 e. The molecule has 0 atom stereocenters. The Labute approximate surface area is 154 Å². The zero-order valence-electron chi connectivity index (χ0n) is 13.7. The van der Waals surface area contributed by atoms with Crippen LogP contribution in [0, 0.1) is 5.82 Å². The van der Waals surface area contributed by atoms with Gasteiger partial charge in [-0.15, -0.1) is 10.2 Å². The highest BCUT2D eigenvalue weighted by Gasteiger charge is 2.35. The molecule has 0 bridgehead atoms. The molecule has 1 aliphatic rings. The number of halogens is 2. The van der Waals surface area contributed by atoms with Gasteiger partial charge >= 0.3 is 0 Å². The number of hydrogen-bond donors (Lipinski definition) is 0. The molecular weight excluding hydrogens is 357 g/mol. The molecule has 1 amide bonds. The Balaban J connectivity index is 1.58. The van der Waals surface area contributed by atoms with Crippen LogP contribution in [0.4, 0.5) is 4.39 Å². The second-order valence-corrected chi connectivity index (χ2v) is 6.53. The zero-order valence-corrected chi connectivity index (χ0v) is 14.5. The van der Waals surface area contributed by atoms with E-state index in [1.54, 1.807) is 29.2 Å². The number of hydrogen-bond acceptors (Lipinski definition) is 4. The van der Waals surface area contributed by atoms with Crippen molar-refractivity contribution in [3.63, 3.8) is 0 Å². The van der Waals surface area contributed by atoms with Gasteiger partial charge in [0.25, 0.3) is 5.91 Å². The molecule has 0 N–H and O–H groups in total. The average Bonchev–Trinajstić information content (AvgIpc) is 3.38. The number of amides is 1. The van der Waals surface area contributed by atoms with E-state index < -0.39 is 5.82 Å². The number of carbonyl (C=O) groups is 1. The van der Waals surface area contributed by atoms with Crippen LogP contribution in [0.3, 0.4) is 0 Å². The van der Waals surface area contributed by atoms with Crippen LogP contribution in [0.15, 0.2) is 52.9 Å². The van der Waals surface area contributed by atoms with Crippen molar-refractivity contribution in [2.24, 2.45) is 0 Å². The normalized spacial score (nSPS) is 13.6. The molecule has 4 rings (SSSR count). The first-order valence-corrected chi connectivity index (χ1v) is 8.64. The third-order valence-electron chi connectivity index (χ3n) is 4.23. The summed E-state index contributed by atoms with van der Waals surface area (Å²) in [7, 11) is 0. The Morgan fingerprint density at radius 1 is 1.15 bits per heavy atom. The number of rotatable bonds is 5. The summed E-state index contributed by atoms with van der Waals surface area (Å²) in [4.78, 5) is 14.3. The highest BCUT2D eigenvalue weighted by atomic mass is 35.5. The van der Waals surface area contributed by atoms with Crippen LogP contribution >= 0.6 is 11.6 Å². The Morgan fingerprint density at radius 2 is 1.88 bits per heavy atom. The standard InChI is InChI=1S/C19H15ClFN3O2/c20-15-7-3-1-5-13(15)18-23-22-17(26-18)11-24(12-9-10-12)19(25)14-6-2-4-8-16(14)21/h1-8,12H,9-11H2. The topological polar surface area (TPSA) is 59.2 Å². The van der Waals surface area contributed by atoms with Crippen molar-refractivity contribution in [3.05, 3.63) is 70.8 Å². The van der Waals surface area contributed by atoms with Gasteiger partial charge < -0.3 is 9.32 Å². The average molecular weight is 372 g/mol. The molecule has 1 heterocycles. The van der Waals surface area contributed by atoms with Crippen LogP contribution < -0.4 is 0 Å². The molecule has 5 nitrogen and oxygen atoms in total. The van der Waals surface area contributed by atoms with Gasteiger partial charge in [0.1, 0.15) is 5.82 Å². The molecule has 2 aromatic carbocycles. The summed E-state index contributed by atoms with van der Waals surface area (Å²) >= 11 is 6.15. The Hall–Kier alpha value is -2.73. The lowest BCUT2D eigenvalue weighted by atomic mass is 10.2. The van der Waals surface area contributed by atoms with E-state index in [-0.39, 0.29) is 29.9 Å². The molecule has 0 saturated heterocycles. The van der Waals surface area contributed by atoms with E-state index in [2.05, 4.69) is 10.2 Å². The highest BCUT2D eigenvalue weighted by molar-refractivity contribution is 6.33. The van der Waals surface area contributed by atoms with E-state index in [1.807, 2.05) is 12.1 Å². The maximum Gasteiger partial charge on any atom is 0.257 e. The Kier molecular flexibility index (Phi) is 4.42. The van der Waals surface area contributed by atoms with Crippen LogP contribution in [0.5, 0.6) is 0 Å². The van der Waals surface area contributed by atoms with Crippen LogP contribution in [-0.2, 0) is 6.54 Å². The van der Waals surface area contributed by atoms with E-state index in [9.17, 15) is 9.18 Å². The predicted molar refractivity (Wildman–Crippen MR) is 94.0 cm³/mol. The summed E-state index contributed by atoms with van der Waals surface area (Å²) in [5.41, 5.74) is 0.677. The van der Waals surface area contributed by atoms with Gasteiger partial charge in [0.2, 0.25) is 11.8 Å². The minimum atomic E-state index is -0.537. The van der Waals surface area contributed by atoms with Crippen molar-refractivity contribution in [2.75, 3.05) is 0 Å². The summed E-state index contributed by atoms with van der Waals surface area (Å²) in [5.74, 6) is -0.329. The molecule has 132 valence electrons. The number of aromatic nitrogens is 2. The molecule has 0 aliphatic heterocycles. The van der Waals surface area contributed by atoms with Gasteiger partial charge in [0.15, 0.2) is 0 Å². The van der Waals surface area contributed by atoms with Gasteiger partial charge in [-0.25, -0.2) is 4.39 Å². The van der Waals surface area contributed by atoms with Crippen LogP contribution in [0.2, 0.25) is 5.02 Å². The quantitative estimate of drug-likeness (QED) is 0.669. The molecule has 26 heavy (non-hydrogen) atoms. The summed E-state index contributed by atoms with van der Waals surface area (Å²) < 4.78 is 19.7. The maximum atomic E-state index is 14.0. The van der Waals surface area contributed by atoms with Gasteiger partial charge in [0.05, 0.1) is 22.7 Å². The van der Waals surface area contributed by atoms with E-state index in [0.29, 0.717) is 16.5 Å². The lowest BCUT2D eigenvalue weighted by Gasteiger charge is -2.20. The molecule has 1 saturated carbocycles. The number of carbonyl (C=O) groups excluding carboxylic acids is 1. The molecule has 0 spiro atoms. The van der Waals surface area contributed by atoms with Crippen molar-refractivity contribution in [1.29, 1.82) is 0 Å². The maximum absolute atomic E-state index is 14.0. The third kappa shape index (κ3) is 3.32. The fourth-order valence-electron chi connectivity index (χ4n) is 2.75. The van der Waals surface area contributed by atoms with Gasteiger partial charge in [-0.05, 0) is 37.1 Å². The van der Waals surface area contributed by atoms with Crippen molar-refractivity contribution in [3.8, 4) is 11.5 Å². The smallest absolute Gasteiger partial charge is 0.257 e. The first kappa shape index (κ1) is 16.7. The van der Waals surface area contributed by atoms with Crippen LogP contribution in [0.25, 0.3) is 11.5 Å². The summed E-state index contributed by atoms with van der Waals surface area (Å²) in [6.07, 6.45) is 1.76. The fraction of sp³-hybridized carbons (Fsp3) is 0.211. The number of benzene rings is 2. The van der Waals surface area contributed by atoms with Gasteiger partial charge in [-0.2, -0.15) is 0 Å². The van der Waals surface area contributed by atoms with E-state index >= 15 is 0 Å². The van der Waals surface area contributed by atoms with Crippen molar-refractivity contribution in [1.82, 2.24) is 15.1 Å². The van der Waals surface area contributed by atoms with Crippen LogP contribution in [-0.4, -0.2) is 27.0 Å². The lowest BCUT2D eigenvalue weighted by molar-refractivity contribution is 0.0709. The molecule has 1 aliphatic carbocycles. The van der Waals surface area contributed by atoms with Crippen LogP contribution in [0.1, 0.15) is 29.1 Å². The van der Waals surface area contributed by atoms with Gasteiger partial charge in [0, 0.05) is 6.04 Å². The molecule has 3 aromatic rings. The second kappa shape index (κ2) is 6.88. The van der Waals surface area contributed by atoms with Crippen molar-refractivity contribution < 1.29 is 13.6 Å². The molecule has 0 unspecified atom stereocenters. The minimum absolute atomic E-state index is 0.0465. The van der Waals surface area contributed by atoms with E-state index in [0.717, 1.165) is 12.8 Å². The van der Waals surface area contributed by atoms with Crippen molar-refractivity contribution >= 4 is 17.5 Å². The molecule has 0 radical (unpaired) electrons. The molecule has 1 fully saturated rings. The number of nitrogens with zero attached hydrogens (tertiary/aromatic N) is 3. The first-order valence-electron chi connectivity index (χ1n) is 8.26. The summed E-state index contributed by atoms with van der Waals surface area (Å²) in [6.45, 7) is 0.134. The van der Waals surface area contributed by atoms with E-state index in [1.165, 1.54) is 12.1 Å². The van der Waals surface area contributed by atoms with Gasteiger partial charge in [-0.3, -0.25) is 4.79 Å². The lowest BCUT2D eigenvalue weighted by Crippen LogP contribution is -2.33. The Morgan fingerprint density at radius 3 is 2.62 bits per heavy atom. The highest BCUT2D eigenvalue weighted by Crippen LogP contribution is 2.31. The monoisotopic (exact) mass is 371 g/mol. The molecule has 7 heteroatoms. The zero-order chi connectivity index (χ0) is 18.1. The SMILES string of the molecule is O=C(c1ccccc1F)N(Cc1nnc(-c2ccccc2Cl)o1)C1CC1. The second-order valence-electron chi connectivity index (χ2n) is 6.12. The first-order chi connectivity index (χ1) is 12.6. The predicted octanol–water partition coefficient (Wildman–Crippen LogP) is 4.33. The molecule has 1 aromatic heterocycles. The van der Waals surface area contributed by atoms with Gasteiger partial charge in [-0.1, -0.05) is 35.9 Å². The summed E-state index contributed by atoms with van der Waals surface area (Å²) in [5, 5.41) is 8.54. The third-order valence-corrected chi connectivity index (χ3v) is 4.56. The van der Waals surface area contributed by atoms with Crippen molar-refractivity contribution in [2.45, 2.75) is 25.4 Å². The molecular formula is C19H15ClFN3O2. The summed E-state index contributed by atoms with van der Waals surface area (Å²) in [6, 6.07) is 13.2. The minimum Gasteiger partial charge on any atom is -0.419 e.